The summed E-state index contributed by atoms with van der Waals surface area (Å²) in [6.07, 6.45) is -4.69. The normalized spacial score (nSPS) is 25.0. The number of carbonyl (C=O) groups excluding carboxylic acids is 1. The topological polar surface area (TPSA) is 292 Å². The van der Waals surface area contributed by atoms with Crippen LogP contribution in [0.2, 0.25) is 0 Å². The summed E-state index contributed by atoms with van der Waals surface area (Å²) in [6, 6.07) is 14.4. The van der Waals surface area contributed by atoms with Crippen LogP contribution in [0.4, 0.5) is 0 Å². The van der Waals surface area contributed by atoms with Crippen LogP contribution in [-0.2, 0) is 23.9 Å². The number of nitrogens with zero attached hydrogens (tertiary/aromatic N) is 1. The van der Waals surface area contributed by atoms with E-state index in [4.69, 9.17) is 23.5 Å². The molecule has 9 unspecified atom stereocenters. The number of esters is 1. The van der Waals surface area contributed by atoms with Gasteiger partial charge in [-0.05, 0) is 75.4 Å². The summed E-state index contributed by atoms with van der Waals surface area (Å²) in [5.74, 6) is -8.77. The number of aliphatic hydroxyl groups excluding tert-OH is 5. The fourth-order valence-electron chi connectivity index (χ4n) is 8.21. The Labute approximate surface area is 358 Å². The number of carbonyl (C=O) groups is 2. The van der Waals surface area contributed by atoms with Crippen LogP contribution in [0.5, 0.6) is 11.5 Å². The number of rotatable bonds is 16. The zero-order valence-electron chi connectivity index (χ0n) is 34.3. The second-order valence-corrected chi connectivity index (χ2v) is 15.7. The number of allylic oxidation sites excluding steroid dienone is 1. The Balaban J connectivity index is 1.30. The SMILES string of the molecule is CNC(CCO)C(C(=O)O)C(=O)OC(O)(CO)C1OC(Oc2ccc3c(=O)c(-c4ccc(O)cc4)coc3c2)C(CO)(O[NH+]2CC3=CC=NC3=C2c2cc(C)cc(C)c2)C(O)C1O. The number of phenolic OH excluding ortho intramolecular Hbond substituents is 1. The molecule has 63 heavy (non-hydrogen) atoms. The minimum absolute atomic E-state index is 0.00288. The van der Waals surface area contributed by atoms with Crippen molar-refractivity contribution >= 4 is 34.8 Å². The molecule has 0 spiro atoms. The highest BCUT2D eigenvalue weighted by Crippen LogP contribution is 2.40. The first kappa shape index (κ1) is 45.2. The number of fused-ring (bicyclic) bond motifs is 2. The number of aliphatic imine (C=N–C) groups is 1. The first-order valence-corrected chi connectivity index (χ1v) is 19.9. The Kier molecular flexibility index (Phi) is 13.0. The van der Waals surface area contributed by atoms with Gasteiger partial charge >= 0.3 is 11.9 Å². The van der Waals surface area contributed by atoms with Crippen LogP contribution in [0.25, 0.3) is 27.8 Å². The maximum atomic E-state index is 13.6. The van der Waals surface area contributed by atoms with E-state index >= 15 is 0 Å². The van der Waals surface area contributed by atoms with E-state index in [1.807, 2.05) is 32.0 Å². The molecule has 4 heterocycles. The molecule has 4 aromatic rings. The van der Waals surface area contributed by atoms with Gasteiger partial charge in [-0.15, -0.1) is 0 Å². The predicted octanol–water partition coefficient (Wildman–Crippen LogP) is -0.556. The van der Waals surface area contributed by atoms with Gasteiger partial charge in [0.15, 0.2) is 23.1 Å². The molecule has 0 bridgehead atoms. The van der Waals surface area contributed by atoms with Gasteiger partial charge in [0.2, 0.25) is 11.9 Å². The zero-order chi connectivity index (χ0) is 45.4. The number of nitrogens with one attached hydrogen (secondary N) is 2. The highest BCUT2D eigenvalue weighted by Gasteiger charge is 2.66. The molecule has 334 valence electrons. The molecule has 19 nitrogen and oxygen atoms in total. The second kappa shape index (κ2) is 18.1. The van der Waals surface area contributed by atoms with Gasteiger partial charge in [0.05, 0.1) is 17.6 Å². The Morgan fingerprint density at radius 1 is 1.03 bits per heavy atom. The van der Waals surface area contributed by atoms with Gasteiger partial charge in [-0.1, -0.05) is 29.3 Å². The lowest BCUT2D eigenvalue weighted by Gasteiger charge is -2.51. The number of carboxylic acids is 1. The van der Waals surface area contributed by atoms with E-state index in [1.165, 1.54) is 55.8 Å². The number of aromatic hydroxyl groups is 1. The minimum Gasteiger partial charge on any atom is -0.508 e. The smallest absolute Gasteiger partial charge is 0.324 e. The summed E-state index contributed by atoms with van der Waals surface area (Å²) in [5, 5.41) is 89.7. The maximum Gasteiger partial charge on any atom is 0.324 e. The summed E-state index contributed by atoms with van der Waals surface area (Å²) < 4.78 is 23.4. The standard InChI is InChI=1S/C44H47N3O16/c1-22-14-23(2)16-26(15-22)35-34-25(10-12-46-34)18-47(35)63-43(20-49)38(54)37(53)39(44(58,21-50)62-41(57)33(40(55)56)31(45-3)11-13-48)61-42(43)60-28-8-9-29-32(17-28)59-19-30(36(29)52)24-4-6-27(51)7-5-24/h4-10,12,14-17,19,31,33,37-39,42,45,48-51,53-54,58H,11,13,18,20-21H2,1-3H3,(H,55,56)/p+1. The summed E-state index contributed by atoms with van der Waals surface area (Å²) in [6.45, 7) is 0.719. The van der Waals surface area contributed by atoms with Crippen molar-refractivity contribution in [3.8, 4) is 22.6 Å². The lowest BCUT2D eigenvalue weighted by atomic mass is 9.84. The number of ether oxygens (including phenoxy) is 3. The third kappa shape index (κ3) is 8.51. The number of quaternary nitrogens is 1. The van der Waals surface area contributed by atoms with Gasteiger partial charge in [0.25, 0.3) is 5.79 Å². The summed E-state index contributed by atoms with van der Waals surface area (Å²) in [7, 11) is 1.33. The molecule has 1 aromatic heterocycles. The monoisotopic (exact) mass is 874 g/mol. The lowest BCUT2D eigenvalue weighted by Crippen LogP contribution is -3.10. The fraction of sp³-hybridized carbons (Fsp3) is 0.364. The van der Waals surface area contributed by atoms with E-state index in [0.717, 1.165) is 16.7 Å². The number of hydroxylamine groups is 2. The number of phenols is 1. The number of hydrogen-bond donors (Lipinski definition) is 10. The Bertz CT molecular complexity index is 2520. The van der Waals surface area contributed by atoms with Gasteiger partial charge in [-0.3, -0.25) is 14.4 Å². The van der Waals surface area contributed by atoms with Gasteiger partial charge < -0.3 is 64.8 Å². The van der Waals surface area contributed by atoms with Gasteiger partial charge in [-0.25, -0.2) is 4.99 Å². The van der Waals surface area contributed by atoms with Gasteiger partial charge in [0, 0.05) is 36.1 Å². The van der Waals surface area contributed by atoms with E-state index in [1.54, 1.807) is 12.3 Å². The number of aliphatic carboxylic acids is 1. The van der Waals surface area contributed by atoms with E-state index < -0.39 is 85.1 Å². The average Bonchev–Trinajstić information content (AvgIpc) is 3.84. The first-order chi connectivity index (χ1) is 30.1. The number of aliphatic hydroxyl groups is 6. The quantitative estimate of drug-likeness (QED) is 0.0384. The number of aryl methyl sites for hydroxylation is 2. The Morgan fingerprint density at radius 3 is 2.38 bits per heavy atom. The largest absolute Gasteiger partial charge is 0.508 e. The maximum absolute atomic E-state index is 13.6. The molecule has 1 fully saturated rings. The van der Waals surface area contributed by atoms with Crippen LogP contribution >= 0.6 is 0 Å². The van der Waals surface area contributed by atoms with Gasteiger partial charge in [-0.2, -0.15) is 9.90 Å². The molecule has 3 aliphatic rings. The van der Waals surface area contributed by atoms with Crippen LogP contribution in [0.15, 0.2) is 98.5 Å². The highest BCUT2D eigenvalue weighted by atomic mass is 16.8. The summed E-state index contributed by atoms with van der Waals surface area (Å²) in [5.41, 5.74) is 2.03. The van der Waals surface area contributed by atoms with Crippen LogP contribution in [-0.4, -0.2) is 134 Å². The van der Waals surface area contributed by atoms with Crippen molar-refractivity contribution in [2.75, 3.05) is 33.4 Å². The number of carboxylic acid groups (broad SMARTS) is 1. The second-order valence-electron chi connectivity index (χ2n) is 15.7. The molecule has 3 aromatic carbocycles. The minimum atomic E-state index is -3.28. The van der Waals surface area contributed by atoms with Crippen molar-refractivity contribution < 1.29 is 79.0 Å². The zero-order valence-corrected chi connectivity index (χ0v) is 34.3. The van der Waals surface area contributed by atoms with Crippen LogP contribution in [0, 0.1) is 19.8 Å². The van der Waals surface area contributed by atoms with E-state index in [2.05, 4.69) is 10.3 Å². The molecule has 0 saturated carbocycles. The third-order valence-electron chi connectivity index (χ3n) is 11.4. The summed E-state index contributed by atoms with van der Waals surface area (Å²) in [4.78, 5) is 50.5. The lowest BCUT2D eigenvalue weighted by molar-refractivity contribution is -1.04. The van der Waals surface area contributed by atoms with Crippen LogP contribution < -0.4 is 20.5 Å². The Morgan fingerprint density at radius 2 is 1.75 bits per heavy atom. The molecule has 0 radical (unpaired) electrons. The molecular weight excluding hydrogens is 826 g/mol. The van der Waals surface area contributed by atoms with Crippen molar-refractivity contribution in [3.05, 3.63) is 111 Å². The third-order valence-corrected chi connectivity index (χ3v) is 11.4. The summed E-state index contributed by atoms with van der Waals surface area (Å²) >= 11 is 0. The van der Waals surface area contributed by atoms with Gasteiger partial charge in [0.1, 0.15) is 54.4 Å². The van der Waals surface area contributed by atoms with Crippen molar-refractivity contribution in [3.63, 3.8) is 0 Å². The van der Waals surface area contributed by atoms with Crippen molar-refractivity contribution in [2.45, 2.75) is 62.3 Å². The molecule has 0 aliphatic carbocycles. The molecular formula is C44H48N3O16+. The highest BCUT2D eigenvalue weighted by molar-refractivity contribution is 5.95. The first-order valence-electron chi connectivity index (χ1n) is 19.9. The molecule has 3 aliphatic heterocycles. The van der Waals surface area contributed by atoms with Crippen molar-refractivity contribution in [1.82, 2.24) is 5.32 Å². The molecule has 9 atom stereocenters. The van der Waals surface area contributed by atoms with Crippen molar-refractivity contribution in [1.29, 1.82) is 0 Å². The molecule has 0 amide bonds. The molecule has 1 saturated heterocycles. The molecule has 19 heteroatoms. The van der Waals surface area contributed by atoms with Crippen LogP contribution in [0.3, 0.4) is 0 Å². The van der Waals surface area contributed by atoms with Crippen LogP contribution in [0.1, 0.15) is 23.1 Å². The molecule has 7 rings (SSSR count). The van der Waals surface area contributed by atoms with E-state index in [9.17, 15) is 55.2 Å². The average molecular weight is 875 g/mol. The fourth-order valence-corrected chi connectivity index (χ4v) is 8.21. The van der Waals surface area contributed by atoms with E-state index in [-0.39, 0.29) is 46.1 Å². The van der Waals surface area contributed by atoms with E-state index in [0.29, 0.717) is 22.5 Å². The van der Waals surface area contributed by atoms with Crippen molar-refractivity contribution in [2.24, 2.45) is 10.9 Å². The molecule has 10 N–H and O–H groups in total. The predicted molar refractivity (Wildman–Crippen MR) is 221 cm³/mol. The number of hydrogen-bond acceptors (Lipinski definition) is 17. The Hall–Kier alpha value is -5.84. The number of benzene rings is 3.